The van der Waals surface area contributed by atoms with Crippen molar-refractivity contribution in [2.45, 2.75) is 65.2 Å². The molecule has 0 unspecified atom stereocenters. The second kappa shape index (κ2) is 13.4. The Morgan fingerprint density at radius 1 is 1.00 bits per heavy atom. The second-order valence-corrected chi connectivity index (χ2v) is 4.95. The summed E-state index contributed by atoms with van der Waals surface area (Å²) in [5.74, 6) is 0. The van der Waals surface area contributed by atoms with Crippen LogP contribution < -0.4 is 0 Å². The molecule has 0 atom stereocenters. The average molecular weight is 269 g/mol. The van der Waals surface area contributed by atoms with Crippen LogP contribution in [0.5, 0.6) is 0 Å². The molecule has 0 aliphatic rings. The molecule has 0 saturated carbocycles. The number of rotatable bonds is 11. The van der Waals surface area contributed by atoms with Crippen molar-refractivity contribution in [1.82, 2.24) is 4.90 Å². The van der Waals surface area contributed by atoms with Crippen molar-refractivity contribution in [2.24, 2.45) is 0 Å². The summed E-state index contributed by atoms with van der Waals surface area (Å²) in [6.07, 6.45) is 13.9. The van der Waals surface area contributed by atoms with Crippen LogP contribution in [0, 0.1) is 0 Å². The van der Waals surface area contributed by atoms with Crippen LogP contribution in [0.4, 0.5) is 4.79 Å². The van der Waals surface area contributed by atoms with Gasteiger partial charge in [-0.2, -0.15) is 0 Å². The van der Waals surface area contributed by atoms with E-state index in [9.17, 15) is 4.79 Å². The van der Waals surface area contributed by atoms with Crippen molar-refractivity contribution in [3.8, 4) is 0 Å². The highest BCUT2D eigenvalue weighted by molar-refractivity contribution is 5.67. The van der Waals surface area contributed by atoms with Crippen LogP contribution >= 0.6 is 0 Å². The van der Waals surface area contributed by atoms with Gasteiger partial charge in [0.05, 0.1) is 6.61 Å². The molecule has 3 heteroatoms. The summed E-state index contributed by atoms with van der Waals surface area (Å²) in [5.41, 5.74) is 0. The molecule has 1 amide bonds. The first-order chi connectivity index (χ1) is 9.22. The first-order valence-electron chi connectivity index (χ1n) is 7.75. The van der Waals surface area contributed by atoms with E-state index in [1.165, 1.54) is 38.5 Å². The molecular weight excluding hydrogens is 238 g/mol. The summed E-state index contributed by atoms with van der Waals surface area (Å²) >= 11 is 0. The molecule has 0 bridgehead atoms. The fraction of sp³-hybridized carbons (Fsp3) is 0.812. The molecule has 0 heterocycles. The van der Waals surface area contributed by atoms with Gasteiger partial charge in [0.2, 0.25) is 0 Å². The Kier molecular flexibility index (Phi) is 12.7. The van der Waals surface area contributed by atoms with Gasteiger partial charge < -0.3 is 9.64 Å². The largest absolute Gasteiger partial charge is 0.449 e. The van der Waals surface area contributed by atoms with Gasteiger partial charge in [-0.05, 0) is 32.6 Å². The molecule has 0 N–H and O–H groups in total. The quantitative estimate of drug-likeness (QED) is 0.399. The van der Waals surface area contributed by atoms with Crippen LogP contribution in [0.15, 0.2) is 12.2 Å². The number of amides is 1. The van der Waals surface area contributed by atoms with Crippen molar-refractivity contribution >= 4 is 6.09 Å². The van der Waals surface area contributed by atoms with Gasteiger partial charge in [0.15, 0.2) is 0 Å². The number of nitrogens with zero attached hydrogens (tertiary/aromatic N) is 1. The second-order valence-electron chi connectivity index (χ2n) is 4.95. The maximum Gasteiger partial charge on any atom is 0.409 e. The lowest BCUT2D eigenvalue weighted by atomic mass is 10.1. The molecule has 0 radical (unpaired) electrons. The minimum atomic E-state index is -0.207. The first-order valence-corrected chi connectivity index (χ1v) is 7.75. The number of carbonyl (C=O) groups is 1. The fourth-order valence-electron chi connectivity index (χ4n) is 1.67. The Labute approximate surface area is 119 Å². The Hall–Kier alpha value is -0.990. The Morgan fingerprint density at radius 3 is 2.26 bits per heavy atom. The Bertz CT molecular complexity index is 239. The van der Waals surface area contributed by atoms with Gasteiger partial charge in [0.25, 0.3) is 0 Å². The highest BCUT2D eigenvalue weighted by atomic mass is 16.6. The normalized spacial score (nSPS) is 10.9. The Balaban J connectivity index is 3.23. The zero-order valence-electron chi connectivity index (χ0n) is 13.0. The minimum absolute atomic E-state index is 0.207. The van der Waals surface area contributed by atoms with Crippen molar-refractivity contribution in [1.29, 1.82) is 0 Å². The molecule has 0 aromatic carbocycles. The summed E-state index contributed by atoms with van der Waals surface area (Å²) in [6, 6.07) is 0. The number of carbonyl (C=O) groups excluding carboxylic acids is 1. The van der Waals surface area contributed by atoms with Gasteiger partial charge in [-0.15, -0.1) is 0 Å². The van der Waals surface area contributed by atoms with Crippen molar-refractivity contribution in [3.63, 3.8) is 0 Å². The first kappa shape index (κ1) is 18.0. The van der Waals surface area contributed by atoms with Crippen LogP contribution in [0.1, 0.15) is 65.2 Å². The van der Waals surface area contributed by atoms with Gasteiger partial charge in [-0.1, -0.05) is 44.8 Å². The monoisotopic (exact) mass is 269 g/mol. The molecule has 0 aromatic heterocycles. The SMILES string of the molecule is CCCC/C=C\CCCCCCOC(=O)N(C)CC. The molecule has 0 rings (SSSR count). The Morgan fingerprint density at radius 2 is 1.63 bits per heavy atom. The van der Waals surface area contributed by atoms with Crippen molar-refractivity contribution in [3.05, 3.63) is 12.2 Å². The van der Waals surface area contributed by atoms with E-state index in [0.717, 1.165) is 12.8 Å². The van der Waals surface area contributed by atoms with E-state index in [4.69, 9.17) is 4.74 Å². The third-order valence-corrected chi connectivity index (χ3v) is 3.17. The molecule has 0 saturated heterocycles. The lowest BCUT2D eigenvalue weighted by Gasteiger charge is -2.14. The average Bonchev–Trinajstić information content (AvgIpc) is 2.43. The summed E-state index contributed by atoms with van der Waals surface area (Å²) in [5, 5.41) is 0. The molecule has 0 aromatic rings. The molecule has 3 nitrogen and oxygen atoms in total. The number of ether oxygens (including phenoxy) is 1. The van der Waals surface area contributed by atoms with Gasteiger partial charge in [0, 0.05) is 13.6 Å². The van der Waals surface area contributed by atoms with Crippen molar-refractivity contribution in [2.75, 3.05) is 20.2 Å². The lowest BCUT2D eigenvalue weighted by molar-refractivity contribution is 0.111. The van der Waals surface area contributed by atoms with Gasteiger partial charge >= 0.3 is 6.09 Å². The third-order valence-electron chi connectivity index (χ3n) is 3.17. The topological polar surface area (TPSA) is 29.5 Å². The van der Waals surface area contributed by atoms with Crippen LogP contribution in [0.3, 0.4) is 0 Å². The van der Waals surface area contributed by atoms with Gasteiger partial charge in [-0.25, -0.2) is 4.79 Å². The van der Waals surface area contributed by atoms with E-state index in [0.29, 0.717) is 13.2 Å². The standard InChI is InChI=1S/C16H31NO2/c1-4-6-7-8-9-10-11-12-13-14-15-19-16(18)17(3)5-2/h8-9H,4-7,10-15H2,1-3H3/b9-8-. The smallest absolute Gasteiger partial charge is 0.409 e. The molecule has 112 valence electrons. The molecule has 0 spiro atoms. The molecule has 19 heavy (non-hydrogen) atoms. The van der Waals surface area contributed by atoms with Gasteiger partial charge in [-0.3, -0.25) is 0 Å². The summed E-state index contributed by atoms with van der Waals surface area (Å²) < 4.78 is 5.14. The summed E-state index contributed by atoms with van der Waals surface area (Å²) in [7, 11) is 1.76. The van der Waals surface area contributed by atoms with Crippen LogP contribution in [0.25, 0.3) is 0 Å². The van der Waals surface area contributed by atoms with Crippen molar-refractivity contribution < 1.29 is 9.53 Å². The van der Waals surface area contributed by atoms with E-state index in [1.54, 1.807) is 11.9 Å². The third kappa shape index (κ3) is 11.8. The highest BCUT2D eigenvalue weighted by Crippen LogP contribution is 2.05. The molecule has 0 aliphatic carbocycles. The molecule has 0 fully saturated rings. The van der Waals surface area contributed by atoms with Crippen LogP contribution in [-0.2, 0) is 4.74 Å². The number of unbranched alkanes of at least 4 members (excludes halogenated alkanes) is 6. The van der Waals surface area contributed by atoms with Crippen LogP contribution in [-0.4, -0.2) is 31.2 Å². The molecular formula is C16H31NO2. The van der Waals surface area contributed by atoms with E-state index in [2.05, 4.69) is 19.1 Å². The van der Waals surface area contributed by atoms with Gasteiger partial charge in [0.1, 0.15) is 0 Å². The van der Waals surface area contributed by atoms with E-state index in [-0.39, 0.29) is 6.09 Å². The summed E-state index contributed by atoms with van der Waals surface area (Å²) in [4.78, 5) is 12.9. The van der Waals surface area contributed by atoms with E-state index >= 15 is 0 Å². The number of allylic oxidation sites excluding steroid dienone is 2. The predicted molar refractivity (Wildman–Crippen MR) is 81.4 cm³/mol. The zero-order valence-corrected chi connectivity index (χ0v) is 13.0. The fourth-order valence-corrected chi connectivity index (χ4v) is 1.67. The number of hydrogen-bond acceptors (Lipinski definition) is 2. The predicted octanol–water partition coefficient (Wildman–Crippen LogP) is 4.77. The maximum atomic E-state index is 11.3. The lowest BCUT2D eigenvalue weighted by Crippen LogP contribution is -2.27. The number of hydrogen-bond donors (Lipinski definition) is 0. The highest BCUT2D eigenvalue weighted by Gasteiger charge is 2.05. The molecule has 0 aliphatic heterocycles. The van der Waals surface area contributed by atoms with E-state index in [1.807, 2.05) is 6.92 Å². The summed E-state index contributed by atoms with van der Waals surface area (Å²) in [6.45, 7) is 5.41. The minimum Gasteiger partial charge on any atom is -0.449 e. The maximum absolute atomic E-state index is 11.3. The van der Waals surface area contributed by atoms with Crippen LogP contribution in [0.2, 0.25) is 0 Å². The zero-order chi connectivity index (χ0) is 14.3. The van der Waals surface area contributed by atoms with E-state index < -0.39 is 0 Å².